The van der Waals surface area contributed by atoms with Gasteiger partial charge in [-0.2, -0.15) is 0 Å². The summed E-state index contributed by atoms with van der Waals surface area (Å²) in [6, 6.07) is 15.8. The number of hydrogen-bond donors (Lipinski definition) is 1. The van der Waals surface area contributed by atoms with Crippen LogP contribution < -0.4 is 5.32 Å². The normalized spacial score (nSPS) is 11.0. The van der Waals surface area contributed by atoms with Crippen molar-refractivity contribution < 1.29 is 9.21 Å². The first-order valence-corrected chi connectivity index (χ1v) is 8.90. The van der Waals surface area contributed by atoms with E-state index in [9.17, 15) is 4.79 Å². The van der Waals surface area contributed by atoms with E-state index in [0.29, 0.717) is 11.8 Å². The average Bonchev–Trinajstić information content (AvgIpc) is 3.28. The Bertz CT molecular complexity index is 1090. The van der Waals surface area contributed by atoms with Crippen LogP contribution in [0.2, 0.25) is 0 Å². The number of rotatable bonds is 5. The van der Waals surface area contributed by atoms with Gasteiger partial charge in [-0.15, -0.1) is 10.2 Å². The summed E-state index contributed by atoms with van der Waals surface area (Å²) in [4.78, 5) is 12.5. The SMILES string of the molecule is CCc1ccc(NC(=O)Cn2ccc3ccc(-c4nnc(C)o4)cc32)cc1. The standard InChI is InChI=1S/C21H20N4O2/c1-3-15-4-8-18(9-5-15)22-20(26)13-25-11-10-16-6-7-17(12-19(16)25)21-24-23-14(2)27-21/h4-12H,3,13H2,1-2H3,(H,22,26). The third-order valence-corrected chi connectivity index (χ3v) is 4.51. The number of benzene rings is 2. The van der Waals surface area contributed by atoms with Gasteiger partial charge in [0.2, 0.25) is 17.7 Å². The molecule has 4 rings (SSSR count). The van der Waals surface area contributed by atoms with E-state index >= 15 is 0 Å². The van der Waals surface area contributed by atoms with Gasteiger partial charge in [-0.25, -0.2) is 0 Å². The van der Waals surface area contributed by atoms with Crippen LogP contribution in [0, 0.1) is 6.92 Å². The summed E-state index contributed by atoms with van der Waals surface area (Å²) < 4.78 is 7.42. The summed E-state index contributed by atoms with van der Waals surface area (Å²) in [6.45, 7) is 4.09. The van der Waals surface area contributed by atoms with E-state index < -0.39 is 0 Å². The van der Waals surface area contributed by atoms with Crippen molar-refractivity contribution in [2.45, 2.75) is 26.8 Å². The Morgan fingerprint density at radius 2 is 1.93 bits per heavy atom. The van der Waals surface area contributed by atoms with Gasteiger partial charge in [-0.3, -0.25) is 4.79 Å². The number of anilines is 1. The van der Waals surface area contributed by atoms with Gasteiger partial charge in [-0.1, -0.05) is 25.1 Å². The van der Waals surface area contributed by atoms with Crippen molar-refractivity contribution in [3.05, 3.63) is 66.2 Å². The summed E-state index contributed by atoms with van der Waals surface area (Å²) in [5, 5.41) is 11.9. The van der Waals surface area contributed by atoms with Crippen LogP contribution in [0.15, 0.2) is 59.1 Å². The van der Waals surface area contributed by atoms with Crippen LogP contribution in [0.1, 0.15) is 18.4 Å². The molecule has 2 aromatic heterocycles. The summed E-state index contributed by atoms with van der Waals surface area (Å²) in [7, 11) is 0. The maximum atomic E-state index is 12.5. The van der Waals surface area contributed by atoms with E-state index in [1.165, 1.54) is 5.56 Å². The molecule has 6 nitrogen and oxygen atoms in total. The smallest absolute Gasteiger partial charge is 0.247 e. The number of carbonyl (C=O) groups is 1. The molecule has 4 aromatic rings. The monoisotopic (exact) mass is 360 g/mol. The predicted molar refractivity (Wildman–Crippen MR) is 104 cm³/mol. The first kappa shape index (κ1) is 17.0. The van der Waals surface area contributed by atoms with Crippen LogP contribution in [0.25, 0.3) is 22.4 Å². The second-order valence-electron chi connectivity index (χ2n) is 6.44. The summed E-state index contributed by atoms with van der Waals surface area (Å²) in [5.41, 5.74) is 3.82. The molecule has 0 bridgehead atoms. The lowest BCUT2D eigenvalue weighted by Crippen LogP contribution is -2.18. The van der Waals surface area contributed by atoms with Gasteiger partial charge < -0.3 is 14.3 Å². The molecule has 0 fully saturated rings. The Hall–Kier alpha value is -3.41. The Morgan fingerprint density at radius 3 is 2.63 bits per heavy atom. The molecule has 0 aliphatic heterocycles. The molecule has 6 heteroatoms. The highest BCUT2D eigenvalue weighted by atomic mass is 16.4. The molecule has 0 radical (unpaired) electrons. The lowest BCUT2D eigenvalue weighted by Gasteiger charge is -2.08. The molecule has 1 amide bonds. The largest absolute Gasteiger partial charge is 0.421 e. The Morgan fingerprint density at radius 1 is 1.11 bits per heavy atom. The van der Waals surface area contributed by atoms with Gasteiger partial charge in [0.25, 0.3) is 0 Å². The van der Waals surface area contributed by atoms with Gasteiger partial charge in [0.1, 0.15) is 6.54 Å². The van der Waals surface area contributed by atoms with E-state index in [1.54, 1.807) is 6.92 Å². The molecule has 2 heterocycles. The van der Waals surface area contributed by atoms with E-state index in [2.05, 4.69) is 22.4 Å². The minimum Gasteiger partial charge on any atom is -0.421 e. The summed E-state index contributed by atoms with van der Waals surface area (Å²) in [5.74, 6) is 0.923. The summed E-state index contributed by atoms with van der Waals surface area (Å²) >= 11 is 0. The number of nitrogens with zero attached hydrogens (tertiary/aromatic N) is 3. The van der Waals surface area contributed by atoms with Crippen molar-refractivity contribution >= 4 is 22.5 Å². The highest BCUT2D eigenvalue weighted by molar-refractivity contribution is 5.92. The number of fused-ring (bicyclic) bond motifs is 1. The molecule has 0 saturated carbocycles. The maximum absolute atomic E-state index is 12.5. The molecule has 0 aliphatic rings. The molecule has 0 atom stereocenters. The van der Waals surface area contributed by atoms with Crippen molar-refractivity contribution in [2.75, 3.05) is 5.32 Å². The van der Waals surface area contributed by atoms with Crippen LogP contribution in [0.4, 0.5) is 5.69 Å². The molecule has 0 saturated heterocycles. The van der Waals surface area contributed by atoms with Crippen molar-refractivity contribution in [3.63, 3.8) is 0 Å². The highest BCUT2D eigenvalue weighted by Gasteiger charge is 2.11. The quantitative estimate of drug-likeness (QED) is 0.579. The van der Waals surface area contributed by atoms with Crippen LogP contribution in [0.3, 0.4) is 0 Å². The fourth-order valence-electron chi connectivity index (χ4n) is 3.05. The van der Waals surface area contributed by atoms with Crippen LogP contribution in [-0.2, 0) is 17.8 Å². The van der Waals surface area contributed by atoms with Crippen molar-refractivity contribution in [1.82, 2.24) is 14.8 Å². The fraction of sp³-hybridized carbons (Fsp3) is 0.190. The molecular formula is C21H20N4O2. The Labute approximate surface area is 156 Å². The Balaban J connectivity index is 1.54. The average molecular weight is 360 g/mol. The highest BCUT2D eigenvalue weighted by Crippen LogP contribution is 2.24. The third kappa shape index (κ3) is 3.60. The van der Waals surface area contributed by atoms with Gasteiger partial charge in [0, 0.05) is 29.9 Å². The zero-order chi connectivity index (χ0) is 18.8. The number of aromatic nitrogens is 3. The van der Waals surface area contributed by atoms with E-state index in [4.69, 9.17) is 4.42 Å². The van der Waals surface area contributed by atoms with Crippen LogP contribution in [0.5, 0.6) is 0 Å². The lowest BCUT2D eigenvalue weighted by molar-refractivity contribution is -0.116. The van der Waals surface area contributed by atoms with Gasteiger partial charge in [0.15, 0.2) is 0 Å². The minimum absolute atomic E-state index is 0.0733. The molecule has 0 aliphatic carbocycles. The second-order valence-corrected chi connectivity index (χ2v) is 6.44. The third-order valence-electron chi connectivity index (χ3n) is 4.51. The fourth-order valence-corrected chi connectivity index (χ4v) is 3.05. The maximum Gasteiger partial charge on any atom is 0.247 e. The zero-order valence-corrected chi connectivity index (χ0v) is 15.3. The molecule has 136 valence electrons. The predicted octanol–water partition coefficient (Wildman–Crippen LogP) is 4.20. The van der Waals surface area contributed by atoms with E-state index in [1.807, 2.05) is 59.3 Å². The molecule has 27 heavy (non-hydrogen) atoms. The second kappa shape index (κ2) is 7.07. The Kier molecular flexibility index (Phi) is 4.46. The van der Waals surface area contributed by atoms with Crippen molar-refractivity contribution in [2.24, 2.45) is 0 Å². The molecule has 2 aromatic carbocycles. The number of nitrogens with one attached hydrogen (secondary N) is 1. The first-order chi connectivity index (χ1) is 13.1. The number of hydrogen-bond acceptors (Lipinski definition) is 4. The summed E-state index contributed by atoms with van der Waals surface area (Å²) in [6.07, 6.45) is 2.89. The zero-order valence-electron chi connectivity index (χ0n) is 15.3. The van der Waals surface area contributed by atoms with Crippen molar-refractivity contribution in [3.8, 4) is 11.5 Å². The molecule has 1 N–H and O–H groups in total. The molecular weight excluding hydrogens is 340 g/mol. The number of carbonyl (C=O) groups excluding carboxylic acids is 1. The van der Waals surface area contributed by atoms with Gasteiger partial charge >= 0.3 is 0 Å². The van der Waals surface area contributed by atoms with Crippen LogP contribution >= 0.6 is 0 Å². The topological polar surface area (TPSA) is 73.0 Å². The number of aryl methyl sites for hydroxylation is 2. The van der Waals surface area contributed by atoms with E-state index in [-0.39, 0.29) is 12.5 Å². The molecule has 0 unspecified atom stereocenters. The first-order valence-electron chi connectivity index (χ1n) is 8.90. The number of amides is 1. The van der Waals surface area contributed by atoms with Gasteiger partial charge in [0.05, 0.1) is 0 Å². The van der Waals surface area contributed by atoms with E-state index in [0.717, 1.165) is 28.6 Å². The minimum atomic E-state index is -0.0733. The van der Waals surface area contributed by atoms with Crippen LogP contribution in [-0.4, -0.2) is 20.7 Å². The van der Waals surface area contributed by atoms with Gasteiger partial charge in [-0.05, 0) is 47.7 Å². The molecule has 0 spiro atoms. The lowest BCUT2D eigenvalue weighted by atomic mass is 10.1. The van der Waals surface area contributed by atoms with Crippen molar-refractivity contribution in [1.29, 1.82) is 0 Å².